The highest BCUT2D eigenvalue weighted by Crippen LogP contribution is 2.29. The molecule has 0 bridgehead atoms. The van der Waals surface area contributed by atoms with Crippen molar-refractivity contribution < 1.29 is 9.66 Å². The fourth-order valence-electron chi connectivity index (χ4n) is 1.35. The molecule has 0 radical (unpaired) electrons. The monoisotopic (exact) mass is 265 g/mol. The van der Waals surface area contributed by atoms with E-state index in [2.05, 4.69) is 4.98 Å². The standard InChI is InChI=1S/C11H8ClN3O3/c12-11-6-8(3-4-14-11)18-7-1-2-10(15(16)17)9(13)5-7/h1-6H,13H2. The molecule has 0 spiro atoms. The van der Waals surface area contributed by atoms with Crippen LogP contribution in [0.5, 0.6) is 11.5 Å². The molecule has 0 aliphatic carbocycles. The Bertz CT molecular complexity index is 604. The predicted octanol–water partition coefficient (Wildman–Crippen LogP) is 3.02. The van der Waals surface area contributed by atoms with E-state index in [1.165, 1.54) is 30.5 Å². The highest BCUT2D eigenvalue weighted by molar-refractivity contribution is 6.29. The normalized spacial score (nSPS) is 10.1. The lowest BCUT2D eigenvalue weighted by Crippen LogP contribution is -1.96. The first-order valence-electron chi connectivity index (χ1n) is 4.89. The van der Waals surface area contributed by atoms with Crippen LogP contribution in [0.2, 0.25) is 5.15 Å². The molecule has 0 fully saturated rings. The van der Waals surface area contributed by atoms with Gasteiger partial charge in [-0.15, -0.1) is 0 Å². The minimum Gasteiger partial charge on any atom is -0.457 e. The van der Waals surface area contributed by atoms with Crippen LogP contribution in [0.3, 0.4) is 0 Å². The highest BCUT2D eigenvalue weighted by atomic mass is 35.5. The average molecular weight is 266 g/mol. The van der Waals surface area contributed by atoms with Gasteiger partial charge < -0.3 is 10.5 Å². The number of anilines is 1. The molecule has 0 saturated heterocycles. The number of hydrogen-bond acceptors (Lipinski definition) is 5. The topological polar surface area (TPSA) is 91.3 Å². The molecule has 1 aromatic heterocycles. The van der Waals surface area contributed by atoms with Crippen molar-refractivity contribution in [1.82, 2.24) is 4.98 Å². The van der Waals surface area contributed by atoms with Crippen molar-refractivity contribution in [1.29, 1.82) is 0 Å². The maximum absolute atomic E-state index is 10.6. The van der Waals surface area contributed by atoms with Gasteiger partial charge in [0, 0.05) is 24.4 Å². The van der Waals surface area contributed by atoms with E-state index in [9.17, 15) is 10.1 Å². The first-order valence-corrected chi connectivity index (χ1v) is 5.27. The van der Waals surface area contributed by atoms with Crippen LogP contribution < -0.4 is 10.5 Å². The largest absolute Gasteiger partial charge is 0.457 e. The van der Waals surface area contributed by atoms with Crippen molar-refractivity contribution in [3.63, 3.8) is 0 Å². The lowest BCUT2D eigenvalue weighted by molar-refractivity contribution is -0.383. The van der Waals surface area contributed by atoms with Gasteiger partial charge in [0.25, 0.3) is 5.69 Å². The summed E-state index contributed by atoms with van der Waals surface area (Å²) in [7, 11) is 0. The Kier molecular flexibility index (Phi) is 3.29. The van der Waals surface area contributed by atoms with E-state index in [1.807, 2.05) is 0 Å². The number of nitrogens with zero attached hydrogens (tertiary/aromatic N) is 2. The summed E-state index contributed by atoms with van der Waals surface area (Å²) < 4.78 is 5.45. The second-order valence-corrected chi connectivity index (χ2v) is 3.78. The van der Waals surface area contributed by atoms with Gasteiger partial charge in [0.1, 0.15) is 22.3 Å². The molecule has 6 nitrogen and oxygen atoms in total. The Labute approximate surface area is 107 Å². The van der Waals surface area contributed by atoms with Gasteiger partial charge in [0.05, 0.1) is 4.92 Å². The summed E-state index contributed by atoms with van der Waals surface area (Å²) in [6.45, 7) is 0. The summed E-state index contributed by atoms with van der Waals surface area (Å²) in [5, 5.41) is 10.9. The maximum Gasteiger partial charge on any atom is 0.292 e. The molecule has 1 heterocycles. The van der Waals surface area contributed by atoms with Gasteiger partial charge in [-0.3, -0.25) is 10.1 Å². The number of ether oxygens (including phenoxy) is 1. The van der Waals surface area contributed by atoms with E-state index in [0.29, 0.717) is 16.7 Å². The first-order chi connectivity index (χ1) is 8.56. The van der Waals surface area contributed by atoms with Crippen molar-refractivity contribution in [3.8, 4) is 11.5 Å². The highest BCUT2D eigenvalue weighted by Gasteiger charge is 2.11. The number of rotatable bonds is 3. The van der Waals surface area contributed by atoms with Crippen LogP contribution in [-0.4, -0.2) is 9.91 Å². The minimum atomic E-state index is -0.553. The molecule has 0 unspecified atom stereocenters. The number of aromatic nitrogens is 1. The number of benzene rings is 1. The van der Waals surface area contributed by atoms with Crippen LogP contribution in [0, 0.1) is 10.1 Å². The molecule has 2 N–H and O–H groups in total. The molecule has 0 aliphatic heterocycles. The van der Waals surface area contributed by atoms with Gasteiger partial charge in [-0.1, -0.05) is 11.6 Å². The Balaban J connectivity index is 2.25. The molecule has 2 rings (SSSR count). The van der Waals surface area contributed by atoms with Crippen molar-refractivity contribution in [2.45, 2.75) is 0 Å². The number of halogens is 1. The molecule has 0 atom stereocenters. The number of hydrogen-bond donors (Lipinski definition) is 1. The Morgan fingerprint density at radius 1 is 1.28 bits per heavy atom. The molecule has 0 saturated carbocycles. The van der Waals surface area contributed by atoms with E-state index in [4.69, 9.17) is 22.1 Å². The number of nitrogen functional groups attached to an aromatic ring is 1. The quantitative estimate of drug-likeness (QED) is 0.399. The van der Waals surface area contributed by atoms with E-state index in [-0.39, 0.29) is 11.4 Å². The molecule has 7 heteroatoms. The molecule has 92 valence electrons. The van der Waals surface area contributed by atoms with Gasteiger partial charge in [-0.25, -0.2) is 4.98 Å². The van der Waals surface area contributed by atoms with Crippen LogP contribution >= 0.6 is 11.6 Å². The maximum atomic E-state index is 10.6. The molecular formula is C11H8ClN3O3. The van der Waals surface area contributed by atoms with Crippen LogP contribution in [-0.2, 0) is 0 Å². The lowest BCUT2D eigenvalue weighted by Gasteiger charge is -2.06. The summed E-state index contributed by atoms with van der Waals surface area (Å²) in [6, 6.07) is 7.27. The summed E-state index contributed by atoms with van der Waals surface area (Å²) in [6.07, 6.45) is 1.49. The Morgan fingerprint density at radius 2 is 2.00 bits per heavy atom. The fourth-order valence-corrected chi connectivity index (χ4v) is 1.51. The van der Waals surface area contributed by atoms with E-state index in [0.717, 1.165) is 0 Å². The third-order valence-corrected chi connectivity index (χ3v) is 2.34. The van der Waals surface area contributed by atoms with Crippen molar-refractivity contribution >= 4 is 23.0 Å². The molecule has 18 heavy (non-hydrogen) atoms. The van der Waals surface area contributed by atoms with Gasteiger partial charge in [0.15, 0.2) is 0 Å². The van der Waals surface area contributed by atoms with Crippen molar-refractivity contribution in [2.24, 2.45) is 0 Å². The van der Waals surface area contributed by atoms with E-state index in [1.54, 1.807) is 6.07 Å². The molecule has 0 aliphatic rings. The van der Waals surface area contributed by atoms with E-state index >= 15 is 0 Å². The summed E-state index contributed by atoms with van der Waals surface area (Å²) >= 11 is 5.70. The average Bonchev–Trinajstić information content (AvgIpc) is 2.28. The van der Waals surface area contributed by atoms with Crippen LogP contribution in [0.1, 0.15) is 0 Å². The molecular weight excluding hydrogens is 258 g/mol. The first kappa shape index (κ1) is 12.1. The zero-order valence-corrected chi connectivity index (χ0v) is 9.79. The lowest BCUT2D eigenvalue weighted by atomic mass is 10.2. The third-order valence-electron chi connectivity index (χ3n) is 2.13. The summed E-state index contributed by atoms with van der Waals surface area (Å²) in [5.74, 6) is 0.864. The van der Waals surface area contributed by atoms with Gasteiger partial charge in [-0.2, -0.15) is 0 Å². The zero-order chi connectivity index (χ0) is 13.1. The van der Waals surface area contributed by atoms with Crippen molar-refractivity contribution in [3.05, 3.63) is 51.8 Å². The van der Waals surface area contributed by atoms with Crippen LogP contribution in [0.4, 0.5) is 11.4 Å². The molecule has 2 aromatic rings. The second kappa shape index (κ2) is 4.89. The molecule has 1 aromatic carbocycles. The summed E-state index contributed by atoms with van der Waals surface area (Å²) in [5.41, 5.74) is 5.43. The number of pyridine rings is 1. The molecule has 0 amide bonds. The zero-order valence-electron chi connectivity index (χ0n) is 9.04. The smallest absolute Gasteiger partial charge is 0.292 e. The fraction of sp³-hybridized carbons (Fsp3) is 0. The van der Waals surface area contributed by atoms with E-state index < -0.39 is 4.92 Å². The number of nitro groups is 1. The van der Waals surface area contributed by atoms with Gasteiger partial charge in [-0.05, 0) is 12.1 Å². The predicted molar refractivity (Wildman–Crippen MR) is 66.8 cm³/mol. The minimum absolute atomic E-state index is 0.0395. The second-order valence-electron chi connectivity index (χ2n) is 3.39. The van der Waals surface area contributed by atoms with Gasteiger partial charge >= 0.3 is 0 Å². The number of nitro benzene ring substituents is 1. The van der Waals surface area contributed by atoms with Gasteiger partial charge in [0.2, 0.25) is 0 Å². The SMILES string of the molecule is Nc1cc(Oc2ccnc(Cl)c2)ccc1[N+](=O)[O-]. The van der Waals surface area contributed by atoms with Crippen molar-refractivity contribution in [2.75, 3.05) is 5.73 Å². The number of nitrogens with two attached hydrogens (primary N) is 1. The van der Waals surface area contributed by atoms with Crippen LogP contribution in [0.15, 0.2) is 36.5 Å². The van der Waals surface area contributed by atoms with Crippen LogP contribution in [0.25, 0.3) is 0 Å². The Morgan fingerprint density at radius 3 is 2.61 bits per heavy atom. The Hall–Kier alpha value is -2.34. The summed E-state index contributed by atoms with van der Waals surface area (Å²) in [4.78, 5) is 13.8. The third kappa shape index (κ3) is 2.67.